The second-order valence-electron chi connectivity index (χ2n) is 5.65. The van der Waals surface area contributed by atoms with Gasteiger partial charge in [-0.15, -0.1) is 0 Å². The van der Waals surface area contributed by atoms with Gasteiger partial charge in [-0.05, 0) is 36.8 Å². The maximum Gasteiger partial charge on any atom is 0.0313 e. The van der Waals surface area contributed by atoms with Crippen LogP contribution in [0.1, 0.15) is 37.3 Å². The fraction of sp³-hybridized carbons (Fsp3) is 0.600. The standard InChI is InChI=1S/C15H22N2/c1-2-14(15(16)8-9-15)17-10-7-12-5-3-4-6-13(12)11-17/h3-6,14H,2,7-11,16H2,1H3. The van der Waals surface area contributed by atoms with Crippen LogP contribution < -0.4 is 5.73 Å². The SMILES string of the molecule is CCC(N1CCc2ccccc2C1)C1(N)CC1. The van der Waals surface area contributed by atoms with E-state index in [9.17, 15) is 0 Å². The number of hydrogen-bond acceptors (Lipinski definition) is 2. The highest BCUT2D eigenvalue weighted by molar-refractivity contribution is 5.29. The van der Waals surface area contributed by atoms with E-state index in [1.54, 1.807) is 0 Å². The Morgan fingerprint density at radius 3 is 2.65 bits per heavy atom. The van der Waals surface area contributed by atoms with E-state index >= 15 is 0 Å². The summed E-state index contributed by atoms with van der Waals surface area (Å²) in [6.45, 7) is 4.54. The number of benzene rings is 1. The molecular formula is C15H22N2. The van der Waals surface area contributed by atoms with E-state index in [1.807, 2.05) is 0 Å². The third-order valence-electron chi connectivity index (χ3n) is 4.48. The molecule has 1 aliphatic heterocycles. The molecule has 0 bridgehead atoms. The van der Waals surface area contributed by atoms with E-state index in [0.717, 1.165) is 6.54 Å². The molecule has 0 spiro atoms. The average molecular weight is 230 g/mol. The van der Waals surface area contributed by atoms with Crippen molar-refractivity contribution in [2.24, 2.45) is 5.73 Å². The maximum atomic E-state index is 6.41. The molecule has 92 valence electrons. The van der Waals surface area contributed by atoms with Crippen molar-refractivity contribution in [3.63, 3.8) is 0 Å². The topological polar surface area (TPSA) is 29.3 Å². The molecule has 1 saturated carbocycles. The molecule has 17 heavy (non-hydrogen) atoms. The second-order valence-corrected chi connectivity index (χ2v) is 5.65. The quantitative estimate of drug-likeness (QED) is 0.863. The van der Waals surface area contributed by atoms with Crippen molar-refractivity contribution in [2.75, 3.05) is 6.54 Å². The van der Waals surface area contributed by atoms with E-state index in [4.69, 9.17) is 5.73 Å². The summed E-state index contributed by atoms with van der Waals surface area (Å²) in [4.78, 5) is 2.61. The minimum Gasteiger partial charge on any atom is -0.324 e. The van der Waals surface area contributed by atoms with Crippen LogP contribution in [-0.2, 0) is 13.0 Å². The first-order valence-corrected chi connectivity index (χ1v) is 6.82. The predicted octanol–water partition coefficient (Wildman–Crippen LogP) is 2.31. The van der Waals surface area contributed by atoms with Gasteiger partial charge >= 0.3 is 0 Å². The Hall–Kier alpha value is -0.860. The van der Waals surface area contributed by atoms with Crippen LogP contribution in [0.2, 0.25) is 0 Å². The zero-order valence-electron chi connectivity index (χ0n) is 10.7. The first-order chi connectivity index (χ1) is 8.23. The molecule has 1 atom stereocenters. The number of nitrogens with zero attached hydrogens (tertiary/aromatic N) is 1. The lowest BCUT2D eigenvalue weighted by Crippen LogP contribution is -2.50. The van der Waals surface area contributed by atoms with Gasteiger partial charge in [0.1, 0.15) is 0 Å². The molecule has 2 heteroatoms. The Labute approximate surface area is 104 Å². The number of nitrogens with two attached hydrogens (primary N) is 1. The second kappa shape index (κ2) is 4.11. The third-order valence-corrected chi connectivity index (χ3v) is 4.48. The van der Waals surface area contributed by atoms with Crippen LogP contribution in [-0.4, -0.2) is 23.0 Å². The smallest absolute Gasteiger partial charge is 0.0313 e. The maximum absolute atomic E-state index is 6.41. The monoisotopic (exact) mass is 230 g/mol. The van der Waals surface area contributed by atoms with Crippen molar-refractivity contribution < 1.29 is 0 Å². The lowest BCUT2D eigenvalue weighted by atomic mass is 9.95. The van der Waals surface area contributed by atoms with E-state index in [1.165, 1.54) is 43.4 Å². The lowest BCUT2D eigenvalue weighted by molar-refractivity contribution is 0.142. The van der Waals surface area contributed by atoms with Crippen molar-refractivity contribution in [3.8, 4) is 0 Å². The Kier molecular flexibility index (Phi) is 2.72. The van der Waals surface area contributed by atoms with Crippen LogP contribution in [0.3, 0.4) is 0 Å². The van der Waals surface area contributed by atoms with Gasteiger partial charge < -0.3 is 5.73 Å². The summed E-state index contributed by atoms with van der Waals surface area (Å²) in [6, 6.07) is 9.42. The lowest BCUT2D eigenvalue weighted by Gasteiger charge is -2.38. The summed E-state index contributed by atoms with van der Waals surface area (Å²) in [6.07, 6.45) is 4.79. The summed E-state index contributed by atoms with van der Waals surface area (Å²) < 4.78 is 0. The fourth-order valence-electron chi connectivity index (χ4n) is 3.29. The van der Waals surface area contributed by atoms with Gasteiger partial charge in [0.05, 0.1) is 0 Å². The van der Waals surface area contributed by atoms with Crippen LogP contribution in [0.5, 0.6) is 0 Å². The summed E-state index contributed by atoms with van der Waals surface area (Å²) in [5, 5.41) is 0. The van der Waals surface area contributed by atoms with Gasteiger partial charge in [0, 0.05) is 24.7 Å². The molecule has 0 saturated heterocycles. The van der Waals surface area contributed by atoms with Crippen LogP contribution in [0.4, 0.5) is 0 Å². The molecule has 3 rings (SSSR count). The molecule has 1 aliphatic carbocycles. The molecule has 1 unspecified atom stereocenters. The molecule has 2 aliphatic rings. The van der Waals surface area contributed by atoms with Gasteiger partial charge in [-0.2, -0.15) is 0 Å². The van der Waals surface area contributed by atoms with E-state index < -0.39 is 0 Å². The largest absolute Gasteiger partial charge is 0.324 e. The van der Waals surface area contributed by atoms with Crippen molar-refractivity contribution in [3.05, 3.63) is 35.4 Å². The molecule has 2 nitrogen and oxygen atoms in total. The Morgan fingerprint density at radius 1 is 1.29 bits per heavy atom. The normalized spacial score (nSPS) is 24.1. The highest BCUT2D eigenvalue weighted by Crippen LogP contribution is 2.40. The summed E-state index contributed by atoms with van der Waals surface area (Å²) in [5.41, 5.74) is 9.57. The van der Waals surface area contributed by atoms with E-state index in [0.29, 0.717) is 6.04 Å². The Bertz CT molecular complexity index is 409. The van der Waals surface area contributed by atoms with Crippen LogP contribution in [0.15, 0.2) is 24.3 Å². The third kappa shape index (κ3) is 2.00. The van der Waals surface area contributed by atoms with Gasteiger partial charge in [-0.3, -0.25) is 4.90 Å². The number of rotatable bonds is 3. The first-order valence-electron chi connectivity index (χ1n) is 6.82. The zero-order chi connectivity index (χ0) is 11.9. The Balaban J connectivity index is 1.79. The van der Waals surface area contributed by atoms with Crippen LogP contribution >= 0.6 is 0 Å². The van der Waals surface area contributed by atoms with Gasteiger partial charge in [0.25, 0.3) is 0 Å². The molecule has 0 radical (unpaired) electrons. The minimum absolute atomic E-state index is 0.126. The Morgan fingerprint density at radius 2 is 2.00 bits per heavy atom. The molecule has 0 aromatic heterocycles. The number of hydrogen-bond donors (Lipinski definition) is 1. The molecule has 0 amide bonds. The summed E-state index contributed by atoms with van der Waals surface area (Å²) in [7, 11) is 0. The molecule has 1 aromatic rings. The van der Waals surface area contributed by atoms with Crippen molar-refractivity contribution in [1.82, 2.24) is 4.90 Å². The highest BCUT2D eigenvalue weighted by Gasteiger charge is 2.47. The van der Waals surface area contributed by atoms with Gasteiger partial charge in [-0.25, -0.2) is 0 Å². The number of fused-ring (bicyclic) bond motifs is 1. The van der Waals surface area contributed by atoms with Crippen molar-refractivity contribution in [2.45, 2.75) is 50.7 Å². The van der Waals surface area contributed by atoms with Crippen molar-refractivity contribution >= 4 is 0 Å². The van der Waals surface area contributed by atoms with Crippen molar-refractivity contribution in [1.29, 1.82) is 0 Å². The van der Waals surface area contributed by atoms with Crippen LogP contribution in [0, 0.1) is 0 Å². The predicted molar refractivity (Wildman–Crippen MR) is 70.8 cm³/mol. The van der Waals surface area contributed by atoms with E-state index in [-0.39, 0.29) is 5.54 Å². The molecular weight excluding hydrogens is 208 g/mol. The first kappa shape index (κ1) is 11.2. The fourth-order valence-corrected chi connectivity index (χ4v) is 3.29. The zero-order valence-corrected chi connectivity index (χ0v) is 10.7. The average Bonchev–Trinajstić information content (AvgIpc) is 3.09. The molecule has 1 heterocycles. The summed E-state index contributed by atoms with van der Waals surface area (Å²) >= 11 is 0. The highest BCUT2D eigenvalue weighted by atomic mass is 15.2. The summed E-state index contributed by atoms with van der Waals surface area (Å²) in [5.74, 6) is 0. The van der Waals surface area contributed by atoms with E-state index in [2.05, 4.69) is 36.1 Å². The van der Waals surface area contributed by atoms with Gasteiger partial charge in [0.2, 0.25) is 0 Å². The van der Waals surface area contributed by atoms with Gasteiger partial charge in [0.15, 0.2) is 0 Å². The minimum atomic E-state index is 0.126. The molecule has 1 fully saturated rings. The van der Waals surface area contributed by atoms with Crippen LogP contribution in [0.25, 0.3) is 0 Å². The molecule has 2 N–H and O–H groups in total. The van der Waals surface area contributed by atoms with Gasteiger partial charge in [-0.1, -0.05) is 31.2 Å². The molecule has 1 aromatic carbocycles.